The van der Waals surface area contributed by atoms with Crippen LogP contribution in [0, 0.1) is 6.92 Å². The monoisotopic (exact) mass is 537 g/mol. The molecule has 36 heavy (non-hydrogen) atoms. The fraction of sp³-hybridized carbons (Fsp3) is 0.0323. The molecule has 6 rings (SSSR count). The first-order valence-corrected chi connectivity index (χ1v) is 14.8. The third kappa shape index (κ3) is 4.53. The van der Waals surface area contributed by atoms with E-state index in [2.05, 4.69) is 122 Å². The molecule has 2 aliphatic rings. The van der Waals surface area contributed by atoms with Crippen LogP contribution in [-0.4, -0.2) is 0 Å². The van der Waals surface area contributed by atoms with E-state index in [0.29, 0.717) is 0 Å². The zero-order chi connectivity index (χ0) is 24.6. The number of benzene rings is 3. The van der Waals surface area contributed by atoms with Gasteiger partial charge >= 0.3 is 0 Å². The summed E-state index contributed by atoms with van der Waals surface area (Å²) in [6, 6.07) is 32.4. The molecular formula is C31H23NS4. The number of thioether (sulfide) groups is 3. The highest BCUT2D eigenvalue weighted by Crippen LogP contribution is 2.59. The summed E-state index contributed by atoms with van der Waals surface area (Å²) in [5, 5.41) is 2.40. The predicted octanol–water partition coefficient (Wildman–Crippen LogP) is 10.7. The lowest BCUT2D eigenvalue weighted by Crippen LogP contribution is -2.14. The summed E-state index contributed by atoms with van der Waals surface area (Å²) in [7, 11) is 0. The van der Waals surface area contributed by atoms with E-state index in [9.17, 15) is 0 Å². The number of para-hydroxylation sites is 1. The van der Waals surface area contributed by atoms with E-state index in [1.165, 1.54) is 46.3 Å². The maximum absolute atomic E-state index is 4.54. The van der Waals surface area contributed by atoms with Crippen molar-refractivity contribution >= 4 is 62.2 Å². The highest BCUT2D eigenvalue weighted by atomic mass is 32.2. The van der Waals surface area contributed by atoms with Crippen LogP contribution < -0.4 is 4.90 Å². The number of thiophene rings is 1. The minimum absolute atomic E-state index is 1.02. The molecule has 0 fully saturated rings. The number of aryl methyl sites for hydroxylation is 1. The summed E-state index contributed by atoms with van der Waals surface area (Å²) in [4.78, 5) is 9.35. The average Bonchev–Trinajstić information content (AvgIpc) is 3.17. The average molecular weight is 538 g/mol. The predicted molar refractivity (Wildman–Crippen MR) is 164 cm³/mol. The smallest absolute Gasteiger partial charge is 0.115 e. The molecular weight excluding hydrogens is 515 g/mol. The molecule has 0 saturated carbocycles. The number of allylic oxidation sites excluding steroid dienone is 1. The van der Waals surface area contributed by atoms with Gasteiger partial charge in [-0.15, -0.1) is 11.3 Å². The summed E-state index contributed by atoms with van der Waals surface area (Å²) in [6.45, 7) is 11.0. The van der Waals surface area contributed by atoms with Crippen LogP contribution in [0.5, 0.6) is 0 Å². The molecule has 0 atom stereocenters. The van der Waals surface area contributed by atoms with E-state index in [1.54, 1.807) is 35.3 Å². The number of hydrogen-bond acceptors (Lipinski definition) is 5. The highest BCUT2D eigenvalue weighted by Gasteiger charge is 2.32. The van der Waals surface area contributed by atoms with Gasteiger partial charge in [-0.25, -0.2) is 0 Å². The highest BCUT2D eigenvalue weighted by molar-refractivity contribution is 8.15. The first kappa shape index (κ1) is 23.6. The number of fused-ring (bicyclic) bond motifs is 1. The minimum atomic E-state index is 1.02. The van der Waals surface area contributed by atoms with Gasteiger partial charge in [-0.3, -0.25) is 4.90 Å². The molecule has 2 aliphatic heterocycles. The largest absolute Gasteiger partial charge is 0.294 e. The number of nitrogens with zero attached hydrogens (tertiary/aromatic N) is 1. The molecule has 0 radical (unpaired) electrons. The molecule has 3 aromatic carbocycles. The maximum Gasteiger partial charge on any atom is 0.115 e. The van der Waals surface area contributed by atoms with Crippen molar-refractivity contribution in [3.63, 3.8) is 0 Å². The zero-order valence-electron chi connectivity index (χ0n) is 19.7. The second-order valence-electron chi connectivity index (χ2n) is 8.52. The van der Waals surface area contributed by atoms with Gasteiger partial charge < -0.3 is 0 Å². The standard InChI is InChI=1S/C31H23NS4/c1-20-14-16-24(17-15-20)26-18-21(2)33-29-22(3)34-28-19-27(23-10-6-4-7-11-23)35-30(28)32(31(29)36-26)25-12-8-5-9-13-25/h4-19H,2-3H2,1H3. The van der Waals surface area contributed by atoms with Crippen LogP contribution >= 0.6 is 46.6 Å². The Hall–Kier alpha value is -2.83. The second kappa shape index (κ2) is 9.91. The lowest BCUT2D eigenvalue weighted by atomic mass is 10.1. The molecule has 0 spiro atoms. The van der Waals surface area contributed by atoms with E-state index in [1.807, 2.05) is 11.3 Å². The van der Waals surface area contributed by atoms with Gasteiger partial charge in [0, 0.05) is 30.2 Å². The molecule has 0 N–H and O–H groups in total. The summed E-state index contributed by atoms with van der Waals surface area (Å²) in [6.07, 6.45) is 2.21. The first-order valence-electron chi connectivity index (χ1n) is 11.6. The lowest BCUT2D eigenvalue weighted by molar-refractivity contribution is 1.26. The van der Waals surface area contributed by atoms with Crippen LogP contribution in [-0.2, 0) is 0 Å². The first-order chi connectivity index (χ1) is 17.6. The van der Waals surface area contributed by atoms with Crippen molar-refractivity contribution < 1.29 is 0 Å². The van der Waals surface area contributed by atoms with Crippen molar-refractivity contribution in [3.05, 3.63) is 141 Å². The molecule has 5 heteroatoms. The summed E-state index contributed by atoms with van der Waals surface area (Å²) in [5.41, 5.74) is 4.84. The number of anilines is 2. The summed E-state index contributed by atoms with van der Waals surface area (Å²) >= 11 is 7.12. The van der Waals surface area contributed by atoms with Gasteiger partial charge in [0.2, 0.25) is 0 Å². The van der Waals surface area contributed by atoms with Crippen LogP contribution in [0.4, 0.5) is 10.7 Å². The van der Waals surface area contributed by atoms with Crippen molar-refractivity contribution in [1.29, 1.82) is 0 Å². The van der Waals surface area contributed by atoms with Crippen LogP contribution in [0.1, 0.15) is 11.1 Å². The second-order valence-corrected chi connectivity index (χ2v) is 12.9. The quantitative estimate of drug-likeness (QED) is 0.255. The van der Waals surface area contributed by atoms with Crippen molar-refractivity contribution in [3.8, 4) is 10.4 Å². The molecule has 1 aromatic heterocycles. The Balaban J connectivity index is 1.54. The molecule has 3 heterocycles. The van der Waals surface area contributed by atoms with Crippen LogP contribution in [0.15, 0.2) is 135 Å². The Morgan fingerprint density at radius 1 is 0.722 bits per heavy atom. The molecule has 0 aliphatic carbocycles. The third-order valence-corrected chi connectivity index (χ3v) is 10.6. The molecule has 0 saturated heterocycles. The van der Waals surface area contributed by atoms with Crippen molar-refractivity contribution in [1.82, 2.24) is 0 Å². The maximum atomic E-state index is 4.54. The summed E-state index contributed by atoms with van der Waals surface area (Å²) < 4.78 is 0. The van der Waals surface area contributed by atoms with E-state index in [0.717, 1.165) is 15.5 Å². The molecule has 176 valence electrons. The fourth-order valence-corrected chi connectivity index (χ4v) is 8.95. The van der Waals surface area contributed by atoms with Crippen LogP contribution in [0.2, 0.25) is 0 Å². The van der Waals surface area contributed by atoms with Gasteiger partial charge in [0.05, 0.1) is 4.91 Å². The fourth-order valence-electron chi connectivity index (χ4n) is 4.14. The van der Waals surface area contributed by atoms with Gasteiger partial charge in [0.15, 0.2) is 0 Å². The van der Waals surface area contributed by atoms with E-state index in [4.69, 9.17) is 0 Å². The van der Waals surface area contributed by atoms with Crippen LogP contribution in [0.3, 0.4) is 0 Å². The Labute approximate surface area is 229 Å². The Kier molecular flexibility index (Phi) is 6.48. The Bertz CT molecular complexity index is 1530. The normalized spacial score (nSPS) is 15.7. The van der Waals surface area contributed by atoms with Gasteiger partial charge in [0.25, 0.3) is 0 Å². The molecule has 4 aromatic rings. The number of hydrogen-bond donors (Lipinski definition) is 0. The molecule has 0 bridgehead atoms. The number of rotatable bonds is 3. The van der Waals surface area contributed by atoms with Gasteiger partial charge in [0.1, 0.15) is 10.0 Å². The third-order valence-electron chi connectivity index (χ3n) is 5.91. The van der Waals surface area contributed by atoms with E-state index >= 15 is 0 Å². The van der Waals surface area contributed by atoms with Crippen molar-refractivity contribution in [2.24, 2.45) is 0 Å². The topological polar surface area (TPSA) is 3.24 Å². The molecule has 1 nitrogen and oxygen atoms in total. The van der Waals surface area contributed by atoms with Crippen molar-refractivity contribution in [2.45, 2.75) is 11.8 Å². The van der Waals surface area contributed by atoms with Crippen LogP contribution in [0.25, 0.3) is 15.3 Å². The minimum Gasteiger partial charge on any atom is -0.294 e. The van der Waals surface area contributed by atoms with Gasteiger partial charge in [-0.05, 0) is 42.3 Å². The summed E-state index contributed by atoms with van der Waals surface area (Å²) in [5.74, 6) is 0. The lowest BCUT2D eigenvalue weighted by Gasteiger charge is -2.27. The Morgan fingerprint density at radius 3 is 2.14 bits per heavy atom. The van der Waals surface area contributed by atoms with E-state index in [-0.39, 0.29) is 0 Å². The van der Waals surface area contributed by atoms with Gasteiger partial charge in [-0.2, -0.15) is 0 Å². The van der Waals surface area contributed by atoms with Gasteiger partial charge in [-0.1, -0.05) is 127 Å². The molecule has 0 amide bonds. The molecule has 0 unspecified atom stereocenters. The zero-order valence-corrected chi connectivity index (χ0v) is 23.0. The van der Waals surface area contributed by atoms with Crippen molar-refractivity contribution in [2.75, 3.05) is 4.90 Å². The Morgan fingerprint density at radius 2 is 1.42 bits per heavy atom. The van der Waals surface area contributed by atoms with E-state index < -0.39 is 0 Å². The SMILES string of the molecule is C=C1C=C(c2ccc(C)cc2)SC2=C(S1)C(=C)Sc1cc(-c3ccccc3)sc1N2c1ccccc1.